The molecule has 4 nitrogen and oxygen atoms in total. The summed E-state index contributed by atoms with van der Waals surface area (Å²) < 4.78 is 10.7. The second-order valence-electron chi connectivity index (χ2n) is 5.98. The van der Waals surface area contributed by atoms with E-state index in [0.29, 0.717) is 11.5 Å². The minimum Gasteiger partial charge on any atom is -0.493 e. The van der Waals surface area contributed by atoms with Crippen LogP contribution in [0.25, 0.3) is 22.3 Å². The molecular weight excluding hydrogens is 312 g/mol. The lowest BCUT2D eigenvalue weighted by Gasteiger charge is -2.14. The van der Waals surface area contributed by atoms with Gasteiger partial charge >= 0.3 is 0 Å². The Bertz CT molecular complexity index is 875. The van der Waals surface area contributed by atoms with E-state index in [-0.39, 0.29) is 0 Å². The first-order valence-corrected chi connectivity index (χ1v) is 8.07. The third-order valence-electron chi connectivity index (χ3n) is 4.15. The van der Waals surface area contributed by atoms with E-state index in [1.165, 1.54) is 0 Å². The first kappa shape index (κ1) is 16.8. The number of hydrogen-bond donors (Lipinski definition) is 0. The van der Waals surface area contributed by atoms with Crippen LogP contribution in [0.3, 0.4) is 0 Å². The zero-order chi connectivity index (χ0) is 17.8. The van der Waals surface area contributed by atoms with Crippen molar-refractivity contribution in [2.24, 2.45) is 0 Å². The van der Waals surface area contributed by atoms with Crippen LogP contribution in [-0.2, 0) is 0 Å². The second-order valence-corrected chi connectivity index (χ2v) is 5.98. The van der Waals surface area contributed by atoms with Gasteiger partial charge in [-0.25, -0.2) is 0 Å². The van der Waals surface area contributed by atoms with Crippen LogP contribution < -0.4 is 14.4 Å². The van der Waals surface area contributed by atoms with Crippen molar-refractivity contribution in [1.82, 2.24) is 4.98 Å². The number of ether oxygens (including phenoxy) is 2. The monoisotopic (exact) mass is 334 g/mol. The number of anilines is 1. The first-order valence-electron chi connectivity index (χ1n) is 8.07. The molecule has 25 heavy (non-hydrogen) atoms. The number of hydrogen-bond acceptors (Lipinski definition) is 4. The Kier molecular flexibility index (Phi) is 4.89. The van der Waals surface area contributed by atoms with Crippen molar-refractivity contribution in [3.05, 3.63) is 60.9 Å². The molecule has 2 aromatic carbocycles. The Balaban J connectivity index is 2.01. The number of methoxy groups -OCH3 is 2. The Morgan fingerprint density at radius 1 is 0.720 bits per heavy atom. The summed E-state index contributed by atoms with van der Waals surface area (Å²) in [7, 11) is 7.36. The number of benzene rings is 2. The van der Waals surface area contributed by atoms with Gasteiger partial charge in [0, 0.05) is 43.3 Å². The lowest BCUT2D eigenvalue weighted by molar-refractivity contribution is 0.355. The Labute approximate surface area is 148 Å². The largest absolute Gasteiger partial charge is 0.493 e. The number of aromatic nitrogens is 1. The van der Waals surface area contributed by atoms with Crippen molar-refractivity contribution in [2.45, 2.75) is 0 Å². The third-order valence-corrected chi connectivity index (χ3v) is 4.15. The molecule has 3 aromatic rings. The molecule has 0 radical (unpaired) electrons. The van der Waals surface area contributed by atoms with E-state index in [2.05, 4.69) is 40.2 Å². The quantitative estimate of drug-likeness (QED) is 0.688. The summed E-state index contributed by atoms with van der Waals surface area (Å²) in [5.41, 5.74) is 5.45. The van der Waals surface area contributed by atoms with E-state index in [9.17, 15) is 0 Å². The maximum absolute atomic E-state index is 5.40. The number of nitrogens with zero attached hydrogens (tertiary/aromatic N) is 2. The minimum absolute atomic E-state index is 0.708. The van der Waals surface area contributed by atoms with Gasteiger partial charge in [0.25, 0.3) is 0 Å². The van der Waals surface area contributed by atoms with E-state index in [1.54, 1.807) is 14.2 Å². The number of rotatable bonds is 5. The number of pyridine rings is 1. The summed E-state index contributed by atoms with van der Waals surface area (Å²) in [6, 6.07) is 16.4. The van der Waals surface area contributed by atoms with E-state index >= 15 is 0 Å². The van der Waals surface area contributed by atoms with Crippen molar-refractivity contribution in [2.75, 3.05) is 33.2 Å². The highest BCUT2D eigenvalue weighted by molar-refractivity contribution is 5.74. The molecule has 128 valence electrons. The van der Waals surface area contributed by atoms with Crippen LogP contribution in [0.1, 0.15) is 0 Å². The maximum Gasteiger partial charge on any atom is 0.161 e. The van der Waals surface area contributed by atoms with E-state index in [4.69, 9.17) is 9.47 Å². The summed E-state index contributed by atoms with van der Waals surface area (Å²) in [6.07, 6.45) is 3.75. The van der Waals surface area contributed by atoms with Gasteiger partial charge in [-0.15, -0.1) is 0 Å². The van der Waals surface area contributed by atoms with Gasteiger partial charge in [0.2, 0.25) is 0 Å². The molecule has 0 fully saturated rings. The molecule has 0 aliphatic rings. The molecule has 0 N–H and O–H groups in total. The molecule has 1 heterocycles. The van der Waals surface area contributed by atoms with Gasteiger partial charge in [-0.1, -0.05) is 18.2 Å². The molecule has 0 aliphatic carbocycles. The molecule has 4 heteroatoms. The molecule has 0 bridgehead atoms. The SMILES string of the molecule is COc1ccc(-c2cncc(-c3cccc(N(C)C)c3)c2)cc1OC. The lowest BCUT2D eigenvalue weighted by atomic mass is 10.0. The third kappa shape index (κ3) is 3.58. The molecule has 0 saturated carbocycles. The van der Waals surface area contributed by atoms with Gasteiger partial charge in [-0.2, -0.15) is 0 Å². The fourth-order valence-corrected chi connectivity index (χ4v) is 2.74. The molecule has 0 amide bonds. The van der Waals surface area contributed by atoms with Crippen LogP contribution in [0, 0.1) is 0 Å². The summed E-state index contributed by atoms with van der Waals surface area (Å²) in [5.74, 6) is 1.43. The van der Waals surface area contributed by atoms with Gasteiger partial charge in [-0.3, -0.25) is 4.98 Å². The van der Waals surface area contributed by atoms with Crippen molar-refractivity contribution >= 4 is 5.69 Å². The molecule has 0 saturated heterocycles. The first-order chi connectivity index (χ1) is 12.1. The van der Waals surface area contributed by atoms with Gasteiger partial charge in [0.15, 0.2) is 11.5 Å². The van der Waals surface area contributed by atoms with Crippen molar-refractivity contribution in [3.8, 4) is 33.8 Å². The second kappa shape index (κ2) is 7.26. The fourth-order valence-electron chi connectivity index (χ4n) is 2.74. The van der Waals surface area contributed by atoms with Gasteiger partial charge in [-0.05, 0) is 41.5 Å². The maximum atomic E-state index is 5.40. The van der Waals surface area contributed by atoms with Crippen molar-refractivity contribution in [1.29, 1.82) is 0 Å². The summed E-state index contributed by atoms with van der Waals surface area (Å²) in [4.78, 5) is 6.52. The smallest absolute Gasteiger partial charge is 0.161 e. The lowest BCUT2D eigenvalue weighted by Crippen LogP contribution is -2.08. The Hall–Kier alpha value is -3.01. The average Bonchev–Trinajstić information content (AvgIpc) is 2.67. The van der Waals surface area contributed by atoms with E-state index < -0.39 is 0 Å². The molecule has 3 rings (SSSR count). The Morgan fingerprint density at radius 2 is 1.40 bits per heavy atom. The highest BCUT2D eigenvalue weighted by Gasteiger charge is 2.08. The van der Waals surface area contributed by atoms with Crippen LogP contribution in [0.15, 0.2) is 60.9 Å². The van der Waals surface area contributed by atoms with Crippen LogP contribution in [-0.4, -0.2) is 33.3 Å². The van der Waals surface area contributed by atoms with Crippen LogP contribution in [0.5, 0.6) is 11.5 Å². The van der Waals surface area contributed by atoms with Gasteiger partial charge in [0.05, 0.1) is 14.2 Å². The predicted octanol–water partition coefficient (Wildman–Crippen LogP) is 4.50. The van der Waals surface area contributed by atoms with Gasteiger partial charge < -0.3 is 14.4 Å². The molecule has 0 aliphatic heterocycles. The zero-order valence-corrected chi connectivity index (χ0v) is 15.0. The molecule has 0 spiro atoms. The Morgan fingerprint density at radius 3 is 2.04 bits per heavy atom. The summed E-state index contributed by atoms with van der Waals surface area (Å²) in [5, 5.41) is 0. The van der Waals surface area contributed by atoms with E-state index in [0.717, 1.165) is 27.9 Å². The van der Waals surface area contributed by atoms with Crippen LogP contribution >= 0.6 is 0 Å². The highest BCUT2D eigenvalue weighted by Crippen LogP contribution is 2.33. The van der Waals surface area contributed by atoms with Crippen LogP contribution in [0.2, 0.25) is 0 Å². The van der Waals surface area contributed by atoms with E-state index in [1.807, 2.05) is 44.7 Å². The van der Waals surface area contributed by atoms with Gasteiger partial charge in [0.1, 0.15) is 0 Å². The molecule has 1 aromatic heterocycles. The van der Waals surface area contributed by atoms with Crippen molar-refractivity contribution < 1.29 is 9.47 Å². The molecular formula is C21H22N2O2. The van der Waals surface area contributed by atoms with Crippen LogP contribution in [0.4, 0.5) is 5.69 Å². The fraction of sp³-hybridized carbons (Fsp3) is 0.190. The molecule has 0 unspecified atom stereocenters. The predicted molar refractivity (Wildman–Crippen MR) is 103 cm³/mol. The summed E-state index contributed by atoms with van der Waals surface area (Å²) in [6.45, 7) is 0. The molecule has 0 atom stereocenters. The highest BCUT2D eigenvalue weighted by atomic mass is 16.5. The summed E-state index contributed by atoms with van der Waals surface area (Å²) >= 11 is 0. The average molecular weight is 334 g/mol. The normalized spacial score (nSPS) is 10.4. The topological polar surface area (TPSA) is 34.6 Å². The zero-order valence-electron chi connectivity index (χ0n) is 15.0. The standard InChI is InChI=1S/C21H22N2O2/c1-23(2)19-7-5-6-15(11-19)17-10-18(14-22-13-17)16-8-9-20(24-3)21(12-16)25-4/h5-14H,1-4H3. The minimum atomic E-state index is 0.708. The van der Waals surface area contributed by atoms with Crippen molar-refractivity contribution in [3.63, 3.8) is 0 Å².